The molecule has 100 valence electrons. The van der Waals surface area contributed by atoms with Crippen LogP contribution in [0.25, 0.3) is 0 Å². The maximum Gasteiger partial charge on any atom is 0.230 e. The summed E-state index contributed by atoms with van der Waals surface area (Å²) in [4.78, 5) is 12.7. The lowest BCUT2D eigenvalue weighted by atomic mass is 10.2. The molecule has 0 aromatic heterocycles. The molecule has 0 aliphatic carbocycles. The highest BCUT2D eigenvalue weighted by molar-refractivity contribution is 8.00. The van der Waals surface area contributed by atoms with Crippen molar-refractivity contribution >= 4 is 23.4 Å². The van der Waals surface area contributed by atoms with Gasteiger partial charge in [-0.25, -0.2) is 0 Å². The van der Waals surface area contributed by atoms with E-state index >= 15 is 0 Å². The zero-order valence-corrected chi connectivity index (χ0v) is 12.1. The Morgan fingerprint density at radius 3 is 2.67 bits per heavy atom. The summed E-state index contributed by atoms with van der Waals surface area (Å²) in [5, 5.41) is 3.02. The molecule has 18 heavy (non-hydrogen) atoms. The fraction of sp³-hybridized carbons (Fsp3) is 0.500. The topological polar surface area (TPSA) is 55.1 Å². The molecule has 0 atom stereocenters. The minimum atomic E-state index is 0.0783. The van der Waals surface area contributed by atoms with Gasteiger partial charge in [0.15, 0.2) is 0 Å². The first-order valence-corrected chi connectivity index (χ1v) is 7.33. The highest BCUT2D eigenvalue weighted by atomic mass is 32.2. The Morgan fingerprint density at radius 2 is 2.06 bits per heavy atom. The monoisotopic (exact) mass is 266 g/mol. The third kappa shape index (κ3) is 4.61. The van der Waals surface area contributed by atoms with Crippen molar-refractivity contribution < 1.29 is 4.79 Å². The Morgan fingerprint density at radius 1 is 1.39 bits per heavy atom. The minimum Gasteiger partial charge on any atom is -0.398 e. The highest BCUT2D eigenvalue weighted by Crippen LogP contribution is 2.25. The van der Waals surface area contributed by atoms with E-state index in [9.17, 15) is 4.79 Å². The fourth-order valence-corrected chi connectivity index (χ4v) is 2.55. The Bertz CT molecular complexity index is 403. The summed E-state index contributed by atoms with van der Waals surface area (Å²) in [6.45, 7) is 6.19. The van der Waals surface area contributed by atoms with Crippen LogP contribution in [-0.2, 0) is 4.79 Å². The van der Waals surface area contributed by atoms with Crippen LogP contribution >= 0.6 is 11.8 Å². The summed E-state index contributed by atoms with van der Waals surface area (Å²) in [5.41, 5.74) is 7.77. The van der Waals surface area contributed by atoms with Crippen LogP contribution in [0.5, 0.6) is 0 Å². The summed E-state index contributed by atoms with van der Waals surface area (Å²) < 4.78 is 0. The number of thioether (sulfide) groups is 1. The smallest absolute Gasteiger partial charge is 0.230 e. The van der Waals surface area contributed by atoms with Crippen LogP contribution in [0.4, 0.5) is 5.69 Å². The van der Waals surface area contributed by atoms with Crippen LogP contribution in [-0.4, -0.2) is 17.7 Å². The van der Waals surface area contributed by atoms with Gasteiger partial charge in [-0.05, 0) is 37.5 Å². The van der Waals surface area contributed by atoms with Crippen molar-refractivity contribution in [3.8, 4) is 0 Å². The summed E-state index contributed by atoms with van der Waals surface area (Å²) in [5.74, 6) is 0.499. The second-order valence-corrected chi connectivity index (χ2v) is 5.43. The number of benzene rings is 1. The summed E-state index contributed by atoms with van der Waals surface area (Å²) in [6, 6.07) is 6.16. The standard InChI is InChI=1S/C14H22N2OS/c1-4-11(5-2)16-14(17)9-18-13-8-10(3)6-7-12(13)15/h6-8,11H,4-5,9,15H2,1-3H3,(H,16,17). The Labute approximate surface area is 114 Å². The van der Waals surface area contributed by atoms with E-state index in [0.717, 1.165) is 29.0 Å². The number of carbonyl (C=O) groups excluding carboxylic acids is 1. The van der Waals surface area contributed by atoms with Gasteiger partial charge >= 0.3 is 0 Å². The lowest BCUT2D eigenvalue weighted by Crippen LogP contribution is -2.35. The quantitative estimate of drug-likeness (QED) is 0.615. The van der Waals surface area contributed by atoms with Crippen molar-refractivity contribution in [2.24, 2.45) is 0 Å². The number of carbonyl (C=O) groups is 1. The van der Waals surface area contributed by atoms with E-state index < -0.39 is 0 Å². The number of hydrogen-bond acceptors (Lipinski definition) is 3. The van der Waals surface area contributed by atoms with E-state index in [2.05, 4.69) is 19.2 Å². The Kier molecular flexibility index (Phi) is 6.05. The van der Waals surface area contributed by atoms with Gasteiger partial charge in [-0.2, -0.15) is 0 Å². The third-order valence-corrected chi connectivity index (χ3v) is 3.95. The first-order valence-electron chi connectivity index (χ1n) is 6.35. The molecule has 3 N–H and O–H groups in total. The van der Waals surface area contributed by atoms with E-state index in [0.29, 0.717) is 5.75 Å². The van der Waals surface area contributed by atoms with Gasteiger partial charge in [0, 0.05) is 16.6 Å². The summed E-state index contributed by atoms with van der Waals surface area (Å²) >= 11 is 1.50. The van der Waals surface area contributed by atoms with Crippen LogP contribution in [0, 0.1) is 6.92 Å². The van der Waals surface area contributed by atoms with E-state index in [1.165, 1.54) is 11.8 Å². The second kappa shape index (κ2) is 7.31. The molecule has 1 rings (SSSR count). The molecule has 0 saturated heterocycles. The van der Waals surface area contributed by atoms with Crippen LogP contribution < -0.4 is 11.1 Å². The Hall–Kier alpha value is -1.16. The molecule has 0 unspecified atom stereocenters. The normalized spacial score (nSPS) is 10.7. The second-order valence-electron chi connectivity index (χ2n) is 4.41. The first-order chi connectivity index (χ1) is 8.56. The number of nitrogens with two attached hydrogens (primary N) is 1. The number of amides is 1. The number of aryl methyl sites for hydroxylation is 1. The molecule has 3 nitrogen and oxygen atoms in total. The summed E-state index contributed by atoms with van der Waals surface area (Å²) in [7, 11) is 0. The highest BCUT2D eigenvalue weighted by Gasteiger charge is 2.09. The van der Waals surface area contributed by atoms with E-state index in [-0.39, 0.29) is 11.9 Å². The Balaban J connectivity index is 2.49. The average molecular weight is 266 g/mol. The number of nitrogens with one attached hydrogen (secondary N) is 1. The molecule has 0 aliphatic heterocycles. The van der Waals surface area contributed by atoms with Crippen LogP contribution in [0.2, 0.25) is 0 Å². The molecular formula is C14H22N2OS. The third-order valence-electron chi connectivity index (χ3n) is 2.88. The fourth-order valence-electron chi connectivity index (χ4n) is 1.67. The lowest BCUT2D eigenvalue weighted by molar-refractivity contribution is -0.119. The van der Waals surface area contributed by atoms with Crippen molar-refractivity contribution in [3.05, 3.63) is 23.8 Å². The molecular weight excluding hydrogens is 244 g/mol. The summed E-state index contributed by atoms with van der Waals surface area (Å²) in [6.07, 6.45) is 1.94. The van der Waals surface area contributed by atoms with Gasteiger partial charge in [0.1, 0.15) is 0 Å². The number of rotatable bonds is 6. The molecule has 0 fully saturated rings. The van der Waals surface area contributed by atoms with Crippen molar-refractivity contribution in [2.45, 2.75) is 44.6 Å². The molecule has 0 bridgehead atoms. The van der Waals surface area contributed by atoms with Crippen molar-refractivity contribution in [3.63, 3.8) is 0 Å². The van der Waals surface area contributed by atoms with Crippen molar-refractivity contribution in [1.82, 2.24) is 5.32 Å². The molecule has 0 aliphatic rings. The van der Waals surface area contributed by atoms with Gasteiger partial charge in [0.2, 0.25) is 5.91 Å². The number of hydrogen-bond donors (Lipinski definition) is 2. The average Bonchev–Trinajstić information content (AvgIpc) is 2.37. The van der Waals surface area contributed by atoms with Crippen LogP contribution in [0.3, 0.4) is 0 Å². The largest absolute Gasteiger partial charge is 0.398 e. The predicted octanol–water partition coefficient (Wildman–Crippen LogP) is 2.97. The lowest BCUT2D eigenvalue weighted by Gasteiger charge is -2.14. The van der Waals surface area contributed by atoms with Gasteiger partial charge in [-0.3, -0.25) is 4.79 Å². The zero-order valence-electron chi connectivity index (χ0n) is 11.3. The predicted molar refractivity (Wildman–Crippen MR) is 78.8 cm³/mol. The first kappa shape index (κ1) is 14.9. The van der Waals surface area contributed by atoms with E-state index in [1.807, 2.05) is 25.1 Å². The zero-order chi connectivity index (χ0) is 13.5. The van der Waals surface area contributed by atoms with E-state index in [4.69, 9.17) is 5.73 Å². The van der Waals surface area contributed by atoms with E-state index in [1.54, 1.807) is 0 Å². The number of anilines is 1. The van der Waals surface area contributed by atoms with Crippen LogP contribution in [0.1, 0.15) is 32.3 Å². The van der Waals surface area contributed by atoms with Crippen molar-refractivity contribution in [1.29, 1.82) is 0 Å². The molecule has 0 spiro atoms. The van der Waals surface area contributed by atoms with Gasteiger partial charge in [-0.1, -0.05) is 19.9 Å². The SMILES string of the molecule is CCC(CC)NC(=O)CSc1cc(C)ccc1N. The van der Waals surface area contributed by atoms with Crippen LogP contribution in [0.15, 0.2) is 23.1 Å². The molecule has 0 radical (unpaired) electrons. The minimum absolute atomic E-state index is 0.0783. The van der Waals surface area contributed by atoms with Gasteiger partial charge < -0.3 is 11.1 Å². The molecule has 0 saturated carbocycles. The molecule has 4 heteroatoms. The van der Waals surface area contributed by atoms with Gasteiger partial charge in [0.25, 0.3) is 0 Å². The maximum atomic E-state index is 11.8. The molecule has 1 aromatic carbocycles. The van der Waals surface area contributed by atoms with Gasteiger partial charge in [0.05, 0.1) is 5.75 Å². The van der Waals surface area contributed by atoms with Crippen molar-refractivity contribution in [2.75, 3.05) is 11.5 Å². The number of nitrogen functional groups attached to an aromatic ring is 1. The molecule has 0 heterocycles. The maximum absolute atomic E-state index is 11.8. The van der Waals surface area contributed by atoms with Gasteiger partial charge in [-0.15, -0.1) is 11.8 Å². The molecule has 1 aromatic rings. The molecule has 1 amide bonds.